The first kappa shape index (κ1) is 10.6. The van der Waals surface area contributed by atoms with Gasteiger partial charge in [-0.2, -0.15) is 11.3 Å². The van der Waals surface area contributed by atoms with Gasteiger partial charge in [-0.05, 0) is 40.1 Å². The number of rotatable bonds is 2. The van der Waals surface area contributed by atoms with Crippen molar-refractivity contribution >= 4 is 22.9 Å². The van der Waals surface area contributed by atoms with Crippen molar-refractivity contribution in [2.75, 3.05) is 0 Å². The van der Waals surface area contributed by atoms with Crippen LogP contribution in [0.15, 0.2) is 35.0 Å². The first-order chi connectivity index (χ1) is 7.18. The molecule has 0 amide bonds. The average molecular weight is 242 g/mol. The molecule has 1 nitrogen and oxygen atoms in total. The fourth-order valence-corrected chi connectivity index (χ4v) is 2.16. The second-order valence-electron chi connectivity index (χ2n) is 3.21. The first-order valence-corrected chi connectivity index (χ1v) is 5.73. The minimum Gasteiger partial charge on any atom is -0.320 e. The summed E-state index contributed by atoms with van der Waals surface area (Å²) in [6.45, 7) is 0. The van der Waals surface area contributed by atoms with Crippen LogP contribution in [0.3, 0.4) is 0 Å². The molecule has 0 spiro atoms. The van der Waals surface area contributed by atoms with E-state index in [1.807, 2.05) is 16.8 Å². The van der Waals surface area contributed by atoms with Gasteiger partial charge in [-0.1, -0.05) is 17.7 Å². The highest BCUT2D eigenvalue weighted by Crippen LogP contribution is 2.24. The molecule has 0 unspecified atom stereocenters. The topological polar surface area (TPSA) is 26.0 Å². The van der Waals surface area contributed by atoms with Crippen molar-refractivity contribution in [2.24, 2.45) is 5.73 Å². The molecule has 2 rings (SSSR count). The molecule has 2 aromatic rings. The Balaban J connectivity index is 2.34. The third-order valence-corrected chi connectivity index (χ3v) is 3.21. The Hall–Kier alpha value is -0.900. The lowest BCUT2D eigenvalue weighted by atomic mass is 10.0. The Morgan fingerprint density at radius 2 is 2.07 bits per heavy atom. The van der Waals surface area contributed by atoms with Gasteiger partial charge in [0, 0.05) is 0 Å². The third-order valence-electron chi connectivity index (χ3n) is 2.21. The summed E-state index contributed by atoms with van der Waals surface area (Å²) in [7, 11) is 0. The Morgan fingerprint density at radius 1 is 1.27 bits per heavy atom. The van der Waals surface area contributed by atoms with Gasteiger partial charge in [0.05, 0.1) is 11.1 Å². The van der Waals surface area contributed by atoms with Gasteiger partial charge in [-0.25, -0.2) is 4.39 Å². The highest BCUT2D eigenvalue weighted by Gasteiger charge is 2.11. The van der Waals surface area contributed by atoms with Gasteiger partial charge >= 0.3 is 0 Å². The van der Waals surface area contributed by atoms with Crippen LogP contribution in [0, 0.1) is 5.82 Å². The zero-order valence-corrected chi connectivity index (χ0v) is 9.36. The van der Waals surface area contributed by atoms with E-state index in [9.17, 15) is 4.39 Å². The van der Waals surface area contributed by atoms with Crippen LogP contribution in [0.2, 0.25) is 5.02 Å². The van der Waals surface area contributed by atoms with Gasteiger partial charge in [-0.3, -0.25) is 0 Å². The summed E-state index contributed by atoms with van der Waals surface area (Å²) in [5, 5.41) is 4.02. The molecule has 4 heteroatoms. The first-order valence-electron chi connectivity index (χ1n) is 4.41. The summed E-state index contributed by atoms with van der Waals surface area (Å²) in [5.74, 6) is -0.431. The lowest BCUT2D eigenvalue weighted by Crippen LogP contribution is -2.10. The molecule has 1 atom stereocenters. The minimum atomic E-state index is -0.431. The van der Waals surface area contributed by atoms with E-state index in [1.54, 1.807) is 17.4 Å². The van der Waals surface area contributed by atoms with Crippen molar-refractivity contribution in [2.45, 2.75) is 6.04 Å². The summed E-state index contributed by atoms with van der Waals surface area (Å²) >= 11 is 7.17. The summed E-state index contributed by atoms with van der Waals surface area (Å²) in [5.41, 5.74) is 7.70. The van der Waals surface area contributed by atoms with E-state index in [0.717, 1.165) is 11.1 Å². The van der Waals surface area contributed by atoms with E-state index >= 15 is 0 Å². The number of benzene rings is 1. The second kappa shape index (κ2) is 4.31. The van der Waals surface area contributed by atoms with E-state index in [0.29, 0.717) is 0 Å². The number of hydrogen-bond donors (Lipinski definition) is 1. The van der Waals surface area contributed by atoms with Crippen molar-refractivity contribution in [1.29, 1.82) is 0 Å². The van der Waals surface area contributed by atoms with Crippen LogP contribution < -0.4 is 5.73 Å². The fraction of sp³-hybridized carbons (Fsp3) is 0.0909. The number of thiophene rings is 1. The van der Waals surface area contributed by atoms with Gasteiger partial charge in [0.15, 0.2) is 0 Å². The van der Waals surface area contributed by atoms with Gasteiger partial charge in [0.25, 0.3) is 0 Å². The summed E-state index contributed by atoms with van der Waals surface area (Å²) < 4.78 is 13.2. The van der Waals surface area contributed by atoms with Crippen molar-refractivity contribution < 1.29 is 4.39 Å². The van der Waals surface area contributed by atoms with Gasteiger partial charge in [0.2, 0.25) is 0 Å². The largest absolute Gasteiger partial charge is 0.320 e. The van der Waals surface area contributed by atoms with Gasteiger partial charge in [0.1, 0.15) is 5.82 Å². The molecule has 0 aliphatic heterocycles. The molecule has 0 radical (unpaired) electrons. The van der Waals surface area contributed by atoms with Gasteiger partial charge < -0.3 is 5.73 Å². The summed E-state index contributed by atoms with van der Waals surface area (Å²) in [6, 6.07) is 6.29. The molecule has 1 heterocycles. The van der Waals surface area contributed by atoms with E-state index in [2.05, 4.69) is 0 Å². The highest BCUT2D eigenvalue weighted by atomic mass is 35.5. The summed E-state index contributed by atoms with van der Waals surface area (Å²) in [6.07, 6.45) is 0. The van der Waals surface area contributed by atoms with Crippen molar-refractivity contribution in [3.05, 3.63) is 57.0 Å². The maximum absolute atomic E-state index is 13.2. The number of hydrogen-bond acceptors (Lipinski definition) is 2. The maximum atomic E-state index is 13.2. The Bertz CT molecular complexity index is 456. The van der Waals surface area contributed by atoms with Crippen LogP contribution in [-0.4, -0.2) is 0 Å². The standard InChI is InChI=1S/C11H9ClFNS/c12-9-2-1-7(5-10(9)13)11(14)8-3-4-15-6-8/h1-6,11H,14H2/t11-/m1/s1. The van der Waals surface area contributed by atoms with Crippen molar-refractivity contribution in [3.8, 4) is 0 Å². The molecule has 2 N–H and O–H groups in total. The Labute approximate surface area is 96.3 Å². The predicted octanol–water partition coefficient (Wildman–Crippen LogP) is 3.59. The predicted molar refractivity (Wildman–Crippen MR) is 61.8 cm³/mol. The highest BCUT2D eigenvalue weighted by molar-refractivity contribution is 7.08. The lowest BCUT2D eigenvalue weighted by molar-refractivity contribution is 0.624. The van der Waals surface area contributed by atoms with Crippen LogP contribution in [0.4, 0.5) is 4.39 Å². The molecule has 1 aromatic heterocycles. The molecule has 0 bridgehead atoms. The van der Waals surface area contributed by atoms with E-state index in [1.165, 1.54) is 12.1 Å². The summed E-state index contributed by atoms with van der Waals surface area (Å²) in [4.78, 5) is 0. The molecule has 0 saturated carbocycles. The lowest BCUT2D eigenvalue weighted by Gasteiger charge is -2.10. The Kier molecular flexibility index (Phi) is 3.05. The third kappa shape index (κ3) is 2.20. The van der Waals surface area contributed by atoms with Crippen LogP contribution in [0.25, 0.3) is 0 Å². The molecular formula is C11H9ClFNS. The van der Waals surface area contributed by atoms with Crippen LogP contribution >= 0.6 is 22.9 Å². The SMILES string of the molecule is N[C@@H](c1ccsc1)c1ccc(Cl)c(F)c1. The number of halogens is 2. The maximum Gasteiger partial charge on any atom is 0.142 e. The zero-order chi connectivity index (χ0) is 10.8. The van der Waals surface area contributed by atoms with Crippen LogP contribution in [0.1, 0.15) is 17.2 Å². The number of nitrogens with two attached hydrogens (primary N) is 1. The normalized spacial score (nSPS) is 12.7. The molecule has 1 aromatic carbocycles. The van der Waals surface area contributed by atoms with E-state index in [4.69, 9.17) is 17.3 Å². The van der Waals surface area contributed by atoms with E-state index < -0.39 is 5.82 Å². The van der Waals surface area contributed by atoms with Gasteiger partial charge in [-0.15, -0.1) is 0 Å². The molecular weight excluding hydrogens is 233 g/mol. The molecule has 0 aliphatic rings. The van der Waals surface area contributed by atoms with Crippen molar-refractivity contribution in [3.63, 3.8) is 0 Å². The minimum absolute atomic E-state index is 0.122. The molecule has 15 heavy (non-hydrogen) atoms. The smallest absolute Gasteiger partial charge is 0.142 e. The fourth-order valence-electron chi connectivity index (χ4n) is 1.35. The zero-order valence-electron chi connectivity index (χ0n) is 7.78. The molecule has 78 valence electrons. The van der Waals surface area contributed by atoms with Crippen molar-refractivity contribution in [1.82, 2.24) is 0 Å². The average Bonchev–Trinajstić information content (AvgIpc) is 2.74. The van der Waals surface area contributed by atoms with Crippen LogP contribution in [0.5, 0.6) is 0 Å². The second-order valence-corrected chi connectivity index (χ2v) is 4.40. The quantitative estimate of drug-likeness (QED) is 0.855. The molecule has 0 aliphatic carbocycles. The van der Waals surface area contributed by atoms with E-state index in [-0.39, 0.29) is 11.1 Å². The van der Waals surface area contributed by atoms with Crippen LogP contribution in [-0.2, 0) is 0 Å². The Morgan fingerprint density at radius 3 is 2.67 bits per heavy atom. The molecule has 0 saturated heterocycles. The molecule has 0 fully saturated rings. The monoisotopic (exact) mass is 241 g/mol.